The zero-order chi connectivity index (χ0) is 17.2. The second-order valence-electron chi connectivity index (χ2n) is 5.98. The minimum Gasteiger partial charge on any atom is -0.460 e. The number of benzene rings is 2. The topological polar surface area (TPSA) is 31.0 Å². The number of hydrogen-bond donors (Lipinski definition) is 0. The number of aryl methyl sites for hydroxylation is 2. The van der Waals surface area contributed by atoms with Gasteiger partial charge in [0.25, 0.3) is 0 Å². The zero-order valence-corrected chi connectivity index (χ0v) is 14.3. The van der Waals surface area contributed by atoms with Crippen molar-refractivity contribution in [1.29, 1.82) is 0 Å². The second kappa shape index (κ2) is 6.33. The summed E-state index contributed by atoms with van der Waals surface area (Å²) in [6.07, 6.45) is 4.54. The summed E-state index contributed by atoms with van der Waals surface area (Å²) in [6.45, 7) is 2.12. The van der Waals surface area contributed by atoms with Gasteiger partial charge in [-0.05, 0) is 23.8 Å². The number of rotatable bonds is 2. The average Bonchev–Trinajstić information content (AvgIpc) is 3.23. The van der Waals surface area contributed by atoms with Crippen LogP contribution >= 0.6 is 0 Å². The Morgan fingerprint density at radius 2 is 1.84 bits per heavy atom. The average molecular weight is 326 g/mol. The van der Waals surface area contributed by atoms with Crippen molar-refractivity contribution >= 4 is 11.0 Å². The Morgan fingerprint density at radius 1 is 1.04 bits per heavy atom. The van der Waals surface area contributed by atoms with Crippen LogP contribution in [0.1, 0.15) is 23.8 Å². The van der Waals surface area contributed by atoms with Crippen LogP contribution in [0.2, 0.25) is 0 Å². The maximum Gasteiger partial charge on any atom is 0.135 e. The molecule has 0 aliphatic rings. The van der Waals surface area contributed by atoms with E-state index < -0.39 is 0 Å². The van der Waals surface area contributed by atoms with E-state index in [1.807, 2.05) is 31.4 Å². The van der Waals surface area contributed by atoms with E-state index in [-0.39, 0.29) is 0 Å². The lowest BCUT2D eigenvalue weighted by atomic mass is 10.00. The van der Waals surface area contributed by atoms with Crippen LogP contribution in [0.5, 0.6) is 0 Å². The lowest BCUT2D eigenvalue weighted by Crippen LogP contribution is -1.84. The summed E-state index contributed by atoms with van der Waals surface area (Å²) in [7, 11) is 1.89. The molecule has 0 unspecified atom stereocenters. The first-order valence-corrected chi connectivity index (χ1v) is 8.36. The molecule has 3 nitrogen and oxygen atoms in total. The van der Waals surface area contributed by atoms with Gasteiger partial charge in [0, 0.05) is 36.2 Å². The molecule has 0 saturated heterocycles. The highest BCUT2D eigenvalue weighted by Gasteiger charge is 2.14. The third kappa shape index (κ3) is 2.95. The van der Waals surface area contributed by atoms with Crippen molar-refractivity contribution in [3.63, 3.8) is 0 Å². The first-order chi connectivity index (χ1) is 12.2. The Labute approximate surface area is 146 Å². The summed E-state index contributed by atoms with van der Waals surface area (Å²) in [5, 5.41) is 5.26. The molecule has 0 aliphatic carbocycles. The molecule has 0 aliphatic heterocycles. The summed E-state index contributed by atoms with van der Waals surface area (Å²) in [4.78, 5) is 0. The Kier molecular flexibility index (Phi) is 3.87. The van der Waals surface area contributed by atoms with E-state index in [0.29, 0.717) is 0 Å². The standard InChI is InChI=1S/C22H18N2O/c1-3-20-22(18-7-5-4-6-8-18)19-13-16(11-12-21(19)25-20)9-10-17-14-23-24(2)15-17/h4-8,11-15H,3H2,1-2H3. The van der Waals surface area contributed by atoms with Gasteiger partial charge in [-0.3, -0.25) is 4.68 Å². The molecule has 25 heavy (non-hydrogen) atoms. The highest BCUT2D eigenvalue weighted by atomic mass is 16.3. The molecule has 2 aromatic carbocycles. The van der Waals surface area contributed by atoms with Crippen molar-refractivity contribution in [2.75, 3.05) is 0 Å². The van der Waals surface area contributed by atoms with E-state index >= 15 is 0 Å². The van der Waals surface area contributed by atoms with Gasteiger partial charge in [-0.25, -0.2) is 0 Å². The normalized spacial score (nSPS) is 10.6. The van der Waals surface area contributed by atoms with Crippen molar-refractivity contribution in [3.05, 3.63) is 77.8 Å². The molecule has 0 amide bonds. The van der Waals surface area contributed by atoms with Gasteiger partial charge in [-0.1, -0.05) is 49.1 Å². The second-order valence-corrected chi connectivity index (χ2v) is 5.98. The first-order valence-electron chi connectivity index (χ1n) is 8.36. The summed E-state index contributed by atoms with van der Waals surface area (Å²) in [5.41, 5.74) is 5.13. The number of fused-ring (bicyclic) bond motifs is 1. The van der Waals surface area contributed by atoms with E-state index in [4.69, 9.17) is 4.42 Å². The van der Waals surface area contributed by atoms with Crippen LogP contribution < -0.4 is 0 Å². The van der Waals surface area contributed by atoms with E-state index in [1.54, 1.807) is 10.9 Å². The first kappa shape index (κ1) is 15.3. The molecule has 0 N–H and O–H groups in total. The molecule has 2 aromatic heterocycles. The van der Waals surface area contributed by atoms with E-state index in [2.05, 4.69) is 54.2 Å². The SMILES string of the molecule is CCc1oc2ccc(C#Cc3cnn(C)c3)cc2c1-c1ccccc1. The molecule has 122 valence electrons. The molecule has 0 fully saturated rings. The number of hydrogen-bond acceptors (Lipinski definition) is 2. The fourth-order valence-corrected chi connectivity index (χ4v) is 3.03. The van der Waals surface area contributed by atoms with Gasteiger partial charge in [0.1, 0.15) is 11.3 Å². The van der Waals surface area contributed by atoms with E-state index in [0.717, 1.165) is 34.3 Å². The van der Waals surface area contributed by atoms with Crippen molar-refractivity contribution in [3.8, 4) is 23.0 Å². The fourth-order valence-electron chi connectivity index (χ4n) is 3.03. The van der Waals surface area contributed by atoms with E-state index in [9.17, 15) is 0 Å². The van der Waals surface area contributed by atoms with Crippen LogP contribution in [0, 0.1) is 11.8 Å². The number of nitrogens with zero attached hydrogens (tertiary/aromatic N) is 2. The van der Waals surface area contributed by atoms with Crippen molar-refractivity contribution in [2.45, 2.75) is 13.3 Å². The molecule has 0 bridgehead atoms. The summed E-state index contributed by atoms with van der Waals surface area (Å²) in [5.74, 6) is 7.40. The monoisotopic (exact) mass is 326 g/mol. The molecule has 0 saturated carbocycles. The van der Waals surface area contributed by atoms with Gasteiger partial charge >= 0.3 is 0 Å². The van der Waals surface area contributed by atoms with Gasteiger partial charge in [0.05, 0.1) is 11.8 Å². The highest BCUT2D eigenvalue weighted by molar-refractivity contribution is 5.96. The van der Waals surface area contributed by atoms with Crippen LogP contribution in [0.3, 0.4) is 0 Å². The van der Waals surface area contributed by atoms with Crippen molar-refractivity contribution in [2.24, 2.45) is 7.05 Å². The minimum absolute atomic E-state index is 0.857. The lowest BCUT2D eigenvalue weighted by Gasteiger charge is -2.01. The predicted octanol–water partition coefficient (Wildman–Crippen LogP) is 4.80. The molecule has 4 aromatic rings. The quantitative estimate of drug-likeness (QED) is 0.496. The van der Waals surface area contributed by atoms with Gasteiger partial charge in [-0.15, -0.1) is 0 Å². The van der Waals surface area contributed by atoms with Crippen LogP contribution in [-0.2, 0) is 13.5 Å². The molecule has 0 spiro atoms. The van der Waals surface area contributed by atoms with Crippen LogP contribution in [0.15, 0.2) is 65.3 Å². The number of furan rings is 1. The Morgan fingerprint density at radius 3 is 2.56 bits per heavy atom. The molecule has 0 radical (unpaired) electrons. The Bertz CT molecular complexity index is 1090. The smallest absolute Gasteiger partial charge is 0.135 e. The molecular weight excluding hydrogens is 308 g/mol. The fraction of sp³-hybridized carbons (Fsp3) is 0.136. The largest absolute Gasteiger partial charge is 0.460 e. The van der Waals surface area contributed by atoms with Crippen LogP contribution in [0.4, 0.5) is 0 Å². The van der Waals surface area contributed by atoms with E-state index in [1.165, 1.54) is 11.1 Å². The maximum atomic E-state index is 6.06. The van der Waals surface area contributed by atoms with Gasteiger partial charge in [0.15, 0.2) is 0 Å². The highest BCUT2D eigenvalue weighted by Crippen LogP contribution is 2.35. The van der Waals surface area contributed by atoms with Gasteiger partial charge in [-0.2, -0.15) is 5.10 Å². The third-order valence-corrected chi connectivity index (χ3v) is 4.20. The summed E-state index contributed by atoms with van der Waals surface area (Å²) < 4.78 is 7.82. The minimum atomic E-state index is 0.857. The Hall–Kier alpha value is -3.25. The molecule has 4 rings (SSSR count). The summed E-state index contributed by atoms with van der Waals surface area (Å²) in [6, 6.07) is 16.5. The predicted molar refractivity (Wildman–Crippen MR) is 100 cm³/mol. The lowest BCUT2D eigenvalue weighted by molar-refractivity contribution is 0.558. The van der Waals surface area contributed by atoms with Gasteiger partial charge in [0.2, 0.25) is 0 Å². The van der Waals surface area contributed by atoms with Gasteiger partial charge < -0.3 is 4.42 Å². The summed E-state index contributed by atoms with van der Waals surface area (Å²) >= 11 is 0. The van der Waals surface area contributed by atoms with Crippen LogP contribution in [-0.4, -0.2) is 9.78 Å². The zero-order valence-electron chi connectivity index (χ0n) is 14.3. The van der Waals surface area contributed by atoms with Crippen molar-refractivity contribution < 1.29 is 4.42 Å². The number of aromatic nitrogens is 2. The Balaban J connectivity index is 1.83. The molecular formula is C22H18N2O. The third-order valence-electron chi connectivity index (χ3n) is 4.20. The van der Waals surface area contributed by atoms with Crippen molar-refractivity contribution in [1.82, 2.24) is 9.78 Å². The molecule has 0 atom stereocenters. The molecule has 2 heterocycles. The molecule has 3 heteroatoms. The maximum absolute atomic E-state index is 6.06. The van der Waals surface area contributed by atoms with Crippen LogP contribution in [0.25, 0.3) is 22.1 Å².